The summed E-state index contributed by atoms with van der Waals surface area (Å²) in [5.41, 5.74) is 1.73. The summed E-state index contributed by atoms with van der Waals surface area (Å²) < 4.78 is 19.1. The molecular formula is C28H35N5O5. The second-order valence-electron chi connectivity index (χ2n) is 11.1. The maximum Gasteiger partial charge on any atom is 0.410 e. The highest BCUT2D eigenvalue weighted by Crippen LogP contribution is 2.29. The number of carbonyl (C=O) groups excluding carboxylic acids is 2. The molecule has 1 aromatic carbocycles. The fraction of sp³-hybridized carbons (Fsp3) is 0.500. The average molecular weight is 522 g/mol. The molecule has 2 fully saturated rings. The third kappa shape index (κ3) is 5.81. The Morgan fingerprint density at radius 2 is 1.76 bits per heavy atom. The van der Waals surface area contributed by atoms with Crippen molar-refractivity contribution in [2.24, 2.45) is 17.3 Å². The number of hydrogen-bond acceptors (Lipinski definition) is 7. The number of benzene rings is 1. The fourth-order valence-electron chi connectivity index (χ4n) is 4.86. The van der Waals surface area contributed by atoms with Crippen LogP contribution in [0.5, 0.6) is 0 Å². The van der Waals surface area contributed by atoms with Crippen LogP contribution in [0.25, 0.3) is 5.65 Å². The molecule has 38 heavy (non-hydrogen) atoms. The number of carbonyl (C=O) groups is 2. The number of pyridine rings is 1. The molecule has 10 nitrogen and oxygen atoms in total. The van der Waals surface area contributed by atoms with Gasteiger partial charge in [-0.2, -0.15) is 0 Å². The highest BCUT2D eigenvalue weighted by molar-refractivity contribution is 5.81. The highest BCUT2D eigenvalue weighted by atomic mass is 16.6. The maximum absolute atomic E-state index is 13.0. The van der Waals surface area contributed by atoms with Gasteiger partial charge in [0.15, 0.2) is 11.5 Å². The van der Waals surface area contributed by atoms with Gasteiger partial charge in [0, 0.05) is 30.3 Å². The number of likely N-dealkylation sites (tertiary alicyclic amines) is 1. The minimum absolute atomic E-state index is 0.0500. The molecule has 202 valence electrons. The monoisotopic (exact) mass is 521 g/mol. The van der Waals surface area contributed by atoms with Crippen LogP contribution in [0.4, 0.5) is 4.79 Å². The predicted molar refractivity (Wildman–Crippen MR) is 139 cm³/mol. The number of fused-ring (bicyclic) bond motifs is 2. The van der Waals surface area contributed by atoms with E-state index in [0.717, 1.165) is 5.56 Å². The number of ether oxygens (including phenoxy) is 3. The van der Waals surface area contributed by atoms with Crippen LogP contribution in [-0.2, 0) is 32.2 Å². The van der Waals surface area contributed by atoms with Crippen molar-refractivity contribution in [1.82, 2.24) is 24.8 Å². The van der Waals surface area contributed by atoms with E-state index in [9.17, 15) is 9.59 Å². The van der Waals surface area contributed by atoms with Crippen molar-refractivity contribution in [1.29, 1.82) is 0 Å². The Balaban J connectivity index is 1.33. The number of rotatable bonds is 8. The molecule has 2 aromatic heterocycles. The van der Waals surface area contributed by atoms with Gasteiger partial charge in [0.1, 0.15) is 12.6 Å². The van der Waals surface area contributed by atoms with Gasteiger partial charge in [-0.15, -0.1) is 10.2 Å². The molecule has 0 saturated carbocycles. The number of aromatic nitrogens is 3. The first kappa shape index (κ1) is 26.1. The topological polar surface area (TPSA) is 107 Å². The minimum Gasteiger partial charge on any atom is -0.443 e. The highest BCUT2D eigenvalue weighted by Gasteiger charge is 2.39. The van der Waals surface area contributed by atoms with Crippen molar-refractivity contribution in [3.8, 4) is 0 Å². The summed E-state index contributed by atoms with van der Waals surface area (Å²) in [4.78, 5) is 27.5. The van der Waals surface area contributed by atoms with Crippen LogP contribution in [0.1, 0.15) is 43.9 Å². The van der Waals surface area contributed by atoms with Crippen LogP contribution < -0.4 is 5.32 Å². The Kier molecular flexibility index (Phi) is 7.62. The van der Waals surface area contributed by atoms with Gasteiger partial charge in [-0.25, -0.2) is 4.79 Å². The van der Waals surface area contributed by atoms with E-state index in [1.165, 1.54) is 0 Å². The van der Waals surface area contributed by atoms with Crippen LogP contribution in [0, 0.1) is 17.3 Å². The van der Waals surface area contributed by atoms with Crippen molar-refractivity contribution in [3.05, 3.63) is 65.6 Å². The van der Waals surface area contributed by atoms with Gasteiger partial charge in [-0.05, 0) is 17.7 Å². The maximum atomic E-state index is 13.0. The normalized spacial score (nSPS) is 19.9. The van der Waals surface area contributed by atoms with Crippen LogP contribution in [-0.4, -0.2) is 64.4 Å². The van der Waals surface area contributed by atoms with Gasteiger partial charge >= 0.3 is 6.09 Å². The second-order valence-corrected chi connectivity index (χ2v) is 11.1. The first-order valence-electron chi connectivity index (χ1n) is 13.0. The fourth-order valence-corrected chi connectivity index (χ4v) is 4.86. The van der Waals surface area contributed by atoms with Crippen LogP contribution in [0.3, 0.4) is 0 Å². The standard InChI is InChI=1S/C28H35N5O5/c1-28(2,3)26(34)29-23(18-36-14-19-8-5-4-6-9-19)25-31-30-24-11-7-10-22(33(24)25)17-38-27(35)32-12-20-15-37-16-21(20)13-32/h4-11,20-21,23H,12-18H2,1-3H3,(H,29,34)/t20?,21?,23-/m1/s1. The van der Waals surface area contributed by atoms with E-state index >= 15 is 0 Å². The number of hydrogen-bond donors (Lipinski definition) is 1. The van der Waals surface area contributed by atoms with Crippen LogP contribution in [0.2, 0.25) is 0 Å². The molecule has 2 saturated heterocycles. The Morgan fingerprint density at radius 1 is 1.03 bits per heavy atom. The molecule has 1 N–H and O–H groups in total. The van der Waals surface area contributed by atoms with Crippen molar-refractivity contribution < 1.29 is 23.8 Å². The molecule has 5 rings (SSSR count). The van der Waals surface area contributed by atoms with E-state index in [1.807, 2.05) is 73.7 Å². The summed E-state index contributed by atoms with van der Waals surface area (Å²) in [6, 6.07) is 14.8. The molecule has 0 spiro atoms. The quantitative estimate of drug-likeness (QED) is 0.484. The molecule has 0 bridgehead atoms. The molecule has 2 aliphatic heterocycles. The van der Waals surface area contributed by atoms with E-state index in [4.69, 9.17) is 14.2 Å². The first-order valence-corrected chi connectivity index (χ1v) is 13.0. The van der Waals surface area contributed by atoms with Gasteiger partial charge in [0.05, 0.1) is 32.1 Å². The lowest BCUT2D eigenvalue weighted by Crippen LogP contribution is -2.40. The van der Waals surface area contributed by atoms with E-state index in [1.54, 1.807) is 4.90 Å². The third-order valence-corrected chi connectivity index (χ3v) is 7.07. The van der Waals surface area contributed by atoms with Gasteiger partial charge in [-0.1, -0.05) is 57.2 Å². The summed E-state index contributed by atoms with van der Waals surface area (Å²) in [6.07, 6.45) is -0.338. The van der Waals surface area contributed by atoms with Crippen LogP contribution >= 0.6 is 0 Å². The molecule has 0 radical (unpaired) electrons. The zero-order valence-electron chi connectivity index (χ0n) is 22.1. The molecule has 10 heteroatoms. The van der Waals surface area contributed by atoms with Gasteiger partial charge in [0.25, 0.3) is 0 Å². The smallest absolute Gasteiger partial charge is 0.410 e. The molecule has 2 amide bonds. The van der Waals surface area contributed by atoms with E-state index < -0.39 is 11.5 Å². The van der Waals surface area contributed by atoms with E-state index in [2.05, 4.69) is 15.5 Å². The predicted octanol–water partition coefficient (Wildman–Crippen LogP) is 3.36. The van der Waals surface area contributed by atoms with Gasteiger partial charge in [0.2, 0.25) is 5.91 Å². The molecule has 2 aliphatic rings. The number of amides is 2. The molecule has 3 aromatic rings. The third-order valence-electron chi connectivity index (χ3n) is 7.07. The number of nitrogens with zero attached hydrogens (tertiary/aromatic N) is 4. The Bertz CT molecular complexity index is 1260. The lowest BCUT2D eigenvalue weighted by Gasteiger charge is -2.24. The van der Waals surface area contributed by atoms with E-state index in [0.29, 0.717) is 61.9 Å². The summed E-state index contributed by atoms with van der Waals surface area (Å²) in [6.45, 7) is 8.93. The van der Waals surface area contributed by atoms with Crippen molar-refractivity contribution in [2.75, 3.05) is 32.9 Å². The minimum atomic E-state index is -0.602. The van der Waals surface area contributed by atoms with Gasteiger partial charge < -0.3 is 24.4 Å². The molecule has 3 atom stereocenters. The van der Waals surface area contributed by atoms with Crippen molar-refractivity contribution in [3.63, 3.8) is 0 Å². The Hall–Kier alpha value is -3.50. The molecule has 2 unspecified atom stereocenters. The van der Waals surface area contributed by atoms with E-state index in [-0.39, 0.29) is 25.2 Å². The molecule has 4 heterocycles. The zero-order valence-corrected chi connectivity index (χ0v) is 22.1. The molecular weight excluding hydrogens is 486 g/mol. The Morgan fingerprint density at radius 3 is 2.47 bits per heavy atom. The lowest BCUT2D eigenvalue weighted by atomic mass is 9.95. The van der Waals surface area contributed by atoms with Crippen molar-refractivity contribution >= 4 is 17.6 Å². The summed E-state index contributed by atoms with van der Waals surface area (Å²) in [5.74, 6) is 1.16. The number of nitrogens with one attached hydrogen (secondary N) is 1. The summed E-state index contributed by atoms with van der Waals surface area (Å²) >= 11 is 0. The largest absolute Gasteiger partial charge is 0.443 e. The summed E-state index contributed by atoms with van der Waals surface area (Å²) in [5, 5.41) is 11.8. The zero-order chi connectivity index (χ0) is 26.7. The lowest BCUT2D eigenvalue weighted by molar-refractivity contribution is -0.129. The average Bonchev–Trinajstić information content (AvgIpc) is 3.62. The summed E-state index contributed by atoms with van der Waals surface area (Å²) in [7, 11) is 0. The molecule has 0 aliphatic carbocycles. The van der Waals surface area contributed by atoms with Gasteiger partial charge in [-0.3, -0.25) is 9.20 Å². The SMILES string of the molecule is CC(C)(C)C(=O)N[C@H](COCc1ccccc1)c1nnc2cccc(COC(=O)N3CC4COCC4C3)n12. The Labute approximate surface area is 222 Å². The first-order chi connectivity index (χ1) is 18.3. The van der Waals surface area contributed by atoms with Crippen molar-refractivity contribution in [2.45, 2.75) is 40.0 Å². The van der Waals surface area contributed by atoms with Crippen LogP contribution in [0.15, 0.2) is 48.5 Å². The second kappa shape index (κ2) is 11.1.